The van der Waals surface area contributed by atoms with Crippen LogP contribution < -0.4 is 10.5 Å². The van der Waals surface area contributed by atoms with Crippen molar-refractivity contribution in [3.8, 4) is 0 Å². The van der Waals surface area contributed by atoms with Gasteiger partial charge in [0, 0.05) is 20.1 Å². The maximum Gasteiger partial charge on any atom is 0.273 e. The molecule has 0 saturated carbocycles. The van der Waals surface area contributed by atoms with E-state index in [0.717, 1.165) is 13.1 Å². The number of rotatable bonds is 1. The van der Waals surface area contributed by atoms with E-state index in [4.69, 9.17) is 4.74 Å². The Labute approximate surface area is 109 Å². The Morgan fingerprint density at radius 2 is 2.00 bits per heavy atom. The zero-order valence-corrected chi connectivity index (χ0v) is 11.0. The van der Waals surface area contributed by atoms with Crippen molar-refractivity contribution in [3.63, 3.8) is 0 Å². The second-order valence-electron chi connectivity index (χ2n) is 4.54. The SMILES string of the molecule is Cc1nc2cnc(N3CCOCC3)nc2n(C)c1=O. The molecule has 3 heterocycles. The molecule has 0 atom stereocenters. The van der Waals surface area contributed by atoms with Crippen molar-refractivity contribution in [2.75, 3.05) is 31.2 Å². The molecule has 7 nitrogen and oxygen atoms in total. The molecule has 1 aliphatic rings. The predicted molar refractivity (Wildman–Crippen MR) is 70.3 cm³/mol. The molecular formula is C12H15N5O2. The fourth-order valence-electron chi connectivity index (χ4n) is 2.17. The fraction of sp³-hybridized carbons (Fsp3) is 0.500. The highest BCUT2D eigenvalue weighted by molar-refractivity contribution is 5.70. The maximum absolute atomic E-state index is 11.9. The Bertz CT molecular complexity index is 676. The molecule has 1 fully saturated rings. The molecule has 3 rings (SSSR count). The van der Waals surface area contributed by atoms with Crippen molar-refractivity contribution in [1.29, 1.82) is 0 Å². The minimum atomic E-state index is -0.126. The minimum Gasteiger partial charge on any atom is -0.378 e. The summed E-state index contributed by atoms with van der Waals surface area (Å²) >= 11 is 0. The number of aryl methyl sites for hydroxylation is 2. The molecule has 0 spiro atoms. The number of morpholine rings is 1. The van der Waals surface area contributed by atoms with Gasteiger partial charge in [0.25, 0.3) is 5.56 Å². The van der Waals surface area contributed by atoms with Gasteiger partial charge in [-0.05, 0) is 6.92 Å². The van der Waals surface area contributed by atoms with E-state index >= 15 is 0 Å². The van der Waals surface area contributed by atoms with E-state index in [-0.39, 0.29) is 5.56 Å². The van der Waals surface area contributed by atoms with Crippen LogP contribution in [0.3, 0.4) is 0 Å². The summed E-state index contributed by atoms with van der Waals surface area (Å²) in [6.07, 6.45) is 1.67. The number of ether oxygens (including phenoxy) is 1. The minimum absolute atomic E-state index is 0.126. The van der Waals surface area contributed by atoms with Crippen molar-refractivity contribution in [1.82, 2.24) is 19.5 Å². The third kappa shape index (κ3) is 2.06. The zero-order valence-electron chi connectivity index (χ0n) is 11.0. The lowest BCUT2D eigenvalue weighted by molar-refractivity contribution is 0.122. The fourth-order valence-corrected chi connectivity index (χ4v) is 2.17. The Hall–Kier alpha value is -2.02. The van der Waals surface area contributed by atoms with Gasteiger partial charge >= 0.3 is 0 Å². The number of hydrogen-bond donors (Lipinski definition) is 0. The molecule has 1 saturated heterocycles. The maximum atomic E-state index is 11.9. The first-order chi connectivity index (χ1) is 9.16. The first-order valence-corrected chi connectivity index (χ1v) is 6.20. The van der Waals surface area contributed by atoms with Crippen LogP contribution in [-0.2, 0) is 11.8 Å². The predicted octanol–water partition coefficient (Wildman–Crippen LogP) is -0.131. The van der Waals surface area contributed by atoms with E-state index in [2.05, 4.69) is 15.0 Å². The van der Waals surface area contributed by atoms with Gasteiger partial charge in [-0.15, -0.1) is 0 Å². The van der Waals surface area contributed by atoms with E-state index in [0.29, 0.717) is 36.0 Å². The number of aromatic nitrogens is 4. The largest absolute Gasteiger partial charge is 0.378 e. The average molecular weight is 261 g/mol. The van der Waals surface area contributed by atoms with E-state index in [1.54, 1.807) is 20.2 Å². The molecule has 2 aromatic heterocycles. The molecule has 0 radical (unpaired) electrons. The molecule has 0 unspecified atom stereocenters. The summed E-state index contributed by atoms with van der Waals surface area (Å²) in [6.45, 7) is 4.56. The van der Waals surface area contributed by atoms with E-state index < -0.39 is 0 Å². The van der Waals surface area contributed by atoms with E-state index in [9.17, 15) is 4.79 Å². The van der Waals surface area contributed by atoms with Crippen molar-refractivity contribution < 1.29 is 4.74 Å². The summed E-state index contributed by atoms with van der Waals surface area (Å²) in [5.74, 6) is 0.622. The quantitative estimate of drug-likeness (QED) is 0.712. The van der Waals surface area contributed by atoms with Crippen LogP contribution in [-0.4, -0.2) is 45.8 Å². The summed E-state index contributed by atoms with van der Waals surface area (Å²) in [7, 11) is 1.70. The van der Waals surface area contributed by atoms with Crippen LogP contribution in [0.4, 0.5) is 5.95 Å². The number of fused-ring (bicyclic) bond motifs is 1. The van der Waals surface area contributed by atoms with Crippen LogP contribution in [0.5, 0.6) is 0 Å². The molecule has 1 aliphatic heterocycles. The standard InChI is InChI=1S/C12H15N5O2/c1-8-11(18)16(2)10-9(14-8)7-13-12(15-10)17-3-5-19-6-4-17/h7H,3-6H2,1-2H3. The van der Waals surface area contributed by atoms with E-state index in [1.165, 1.54) is 4.57 Å². The van der Waals surface area contributed by atoms with Crippen LogP contribution in [0.1, 0.15) is 5.69 Å². The smallest absolute Gasteiger partial charge is 0.273 e. The zero-order chi connectivity index (χ0) is 13.4. The molecular weight excluding hydrogens is 246 g/mol. The molecule has 100 valence electrons. The van der Waals surface area contributed by atoms with Crippen molar-refractivity contribution in [2.24, 2.45) is 7.05 Å². The Morgan fingerprint density at radius 3 is 2.74 bits per heavy atom. The van der Waals surface area contributed by atoms with Crippen molar-refractivity contribution in [3.05, 3.63) is 22.2 Å². The van der Waals surface area contributed by atoms with Gasteiger partial charge in [0.05, 0.1) is 19.4 Å². The normalized spacial score (nSPS) is 16.0. The number of nitrogens with zero attached hydrogens (tertiary/aromatic N) is 5. The molecule has 0 aliphatic carbocycles. The topological polar surface area (TPSA) is 73.1 Å². The van der Waals surface area contributed by atoms with Gasteiger partial charge in [-0.3, -0.25) is 9.36 Å². The molecule has 0 N–H and O–H groups in total. The summed E-state index contributed by atoms with van der Waals surface area (Å²) < 4.78 is 6.82. The van der Waals surface area contributed by atoms with E-state index in [1.807, 2.05) is 4.90 Å². The second kappa shape index (κ2) is 4.58. The summed E-state index contributed by atoms with van der Waals surface area (Å²) in [5.41, 5.74) is 1.53. The average Bonchev–Trinajstić information content (AvgIpc) is 2.46. The van der Waals surface area contributed by atoms with Gasteiger partial charge in [0.2, 0.25) is 5.95 Å². The summed E-state index contributed by atoms with van der Waals surface area (Å²) in [5, 5.41) is 0. The lowest BCUT2D eigenvalue weighted by Gasteiger charge is -2.26. The highest BCUT2D eigenvalue weighted by Crippen LogP contribution is 2.13. The highest BCUT2D eigenvalue weighted by Gasteiger charge is 2.15. The van der Waals surface area contributed by atoms with Crippen molar-refractivity contribution in [2.45, 2.75) is 6.92 Å². The van der Waals surface area contributed by atoms with Crippen LogP contribution >= 0.6 is 0 Å². The lowest BCUT2D eigenvalue weighted by Crippen LogP contribution is -2.37. The van der Waals surface area contributed by atoms with Gasteiger partial charge in [0.1, 0.15) is 11.2 Å². The molecule has 19 heavy (non-hydrogen) atoms. The highest BCUT2D eigenvalue weighted by atomic mass is 16.5. The molecule has 0 aromatic carbocycles. The van der Waals surface area contributed by atoms with Gasteiger partial charge in [-0.25, -0.2) is 9.97 Å². The van der Waals surface area contributed by atoms with Crippen molar-refractivity contribution >= 4 is 17.1 Å². The van der Waals surface area contributed by atoms with Gasteiger partial charge in [-0.1, -0.05) is 0 Å². The summed E-state index contributed by atoms with van der Waals surface area (Å²) in [4.78, 5) is 26.9. The second-order valence-corrected chi connectivity index (χ2v) is 4.54. The lowest BCUT2D eigenvalue weighted by atomic mass is 10.4. The van der Waals surface area contributed by atoms with Crippen LogP contribution in [0.25, 0.3) is 11.2 Å². The van der Waals surface area contributed by atoms with Gasteiger partial charge in [-0.2, -0.15) is 4.98 Å². The Kier molecular flexibility index (Phi) is 2.90. The first kappa shape index (κ1) is 12.0. The number of hydrogen-bond acceptors (Lipinski definition) is 6. The molecule has 7 heteroatoms. The Balaban J connectivity index is 2.12. The third-order valence-electron chi connectivity index (χ3n) is 3.25. The van der Waals surface area contributed by atoms with Gasteiger partial charge in [0.15, 0.2) is 5.65 Å². The first-order valence-electron chi connectivity index (χ1n) is 6.20. The number of anilines is 1. The third-order valence-corrected chi connectivity index (χ3v) is 3.25. The van der Waals surface area contributed by atoms with Crippen LogP contribution in [0.15, 0.2) is 11.0 Å². The monoisotopic (exact) mass is 261 g/mol. The van der Waals surface area contributed by atoms with Crippen LogP contribution in [0.2, 0.25) is 0 Å². The van der Waals surface area contributed by atoms with Crippen LogP contribution in [0, 0.1) is 6.92 Å². The Morgan fingerprint density at radius 1 is 1.26 bits per heavy atom. The molecule has 2 aromatic rings. The molecule has 0 amide bonds. The summed E-state index contributed by atoms with van der Waals surface area (Å²) in [6, 6.07) is 0. The van der Waals surface area contributed by atoms with Gasteiger partial charge < -0.3 is 9.64 Å². The molecule has 0 bridgehead atoms.